The van der Waals surface area contributed by atoms with Gasteiger partial charge in [0.2, 0.25) is 11.8 Å². The smallest absolute Gasteiger partial charge is 0.322 e. The molecule has 5 nitrogen and oxygen atoms in total. The van der Waals surface area contributed by atoms with E-state index >= 15 is 0 Å². The molecule has 0 aliphatic rings. The zero-order chi connectivity index (χ0) is 16.2. The first-order valence-electron chi connectivity index (χ1n) is 7.36. The quantitative estimate of drug-likeness (QED) is 0.715. The minimum absolute atomic E-state index is 0.139. The van der Waals surface area contributed by atoms with Crippen molar-refractivity contribution in [3.05, 3.63) is 48.4 Å². The van der Waals surface area contributed by atoms with Crippen LogP contribution in [0.4, 0.5) is 6.01 Å². The molecular weight excluding hydrogens is 310 g/mol. The van der Waals surface area contributed by atoms with Crippen molar-refractivity contribution in [2.75, 3.05) is 11.1 Å². The van der Waals surface area contributed by atoms with Crippen LogP contribution in [-0.2, 0) is 4.79 Å². The number of aromatic nitrogens is 2. The van der Waals surface area contributed by atoms with E-state index in [0.717, 1.165) is 10.3 Å². The fourth-order valence-corrected chi connectivity index (χ4v) is 2.82. The maximum atomic E-state index is 12.0. The lowest BCUT2D eigenvalue weighted by Crippen LogP contribution is -2.14. The Hall–Kier alpha value is -2.34. The molecule has 2 aromatic carbocycles. The molecule has 1 amide bonds. The van der Waals surface area contributed by atoms with Crippen molar-refractivity contribution in [1.82, 2.24) is 10.2 Å². The average Bonchev–Trinajstić information content (AvgIpc) is 3.01. The second-order valence-corrected chi connectivity index (χ2v) is 6.49. The van der Waals surface area contributed by atoms with Crippen LogP contribution < -0.4 is 5.32 Å². The van der Waals surface area contributed by atoms with Gasteiger partial charge >= 0.3 is 6.01 Å². The second kappa shape index (κ2) is 6.83. The SMILES string of the molecule is CC(C)c1nnc(NC(=O)CSc2ccc3ccccc3c2)o1. The van der Waals surface area contributed by atoms with Gasteiger partial charge in [0.25, 0.3) is 0 Å². The minimum Gasteiger partial charge on any atom is -0.408 e. The third-order valence-electron chi connectivity index (χ3n) is 3.27. The molecule has 1 N–H and O–H groups in total. The summed E-state index contributed by atoms with van der Waals surface area (Å²) in [7, 11) is 0. The van der Waals surface area contributed by atoms with Crippen LogP contribution in [0.1, 0.15) is 25.7 Å². The molecule has 0 radical (unpaired) electrons. The van der Waals surface area contributed by atoms with Crippen LogP contribution in [0.2, 0.25) is 0 Å². The lowest BCUT2D eigenvalue weighted by molar-refractivity contribution is -0.113. The number of carbonyl (C=O) groups is 1. The van der Waals surface area contributed by atoms with Crippen molar-refractivity contribution in [3.8, 4) is 0 Å². The van der Waals surface area contributed by atoms with Gasteiger partial charge in [0.05, 0.1) is 5.75 Å². The van der Waals surface area contributed by atoms with E-state index in [1.807, 2.05) is 32.0 Å². The van der Waals surface area contributed by atoms with Gasteiger partial charge in [-0.15, -0.1) is 16.9 Å². The van der Waals surface area contributed by atoms with Crippen LogP contribution in [0.3, 0.4) is 0 Å². The normalized spacial score (nSPS) is 11.1. The molecule has 6 heteroatoms. The summed E-state index contributed by atoms with van der Waals surface area (Å²) >= 11 is 1.47. The maximum Gasteiger partial charge on any atom is 0.322 e. The van der Waals surface area contributed by atoms with Gasteiger partial charge in [-0.3, -0.25) is 10.1 Å². The molecule has 0 unspecified atom stereocenters. The first-order chi connectivity index (χ1) is 11.1. The highest BCUT2D eigenvalue weighted by Gasteiger charge is 2.12. The van der Waals surface area contributed by atoms with E-state index in [9.17, 15) is 4.79 Å². The molecule has 118 valence electrons. The highest BCUT2D eigenvalue weighted by atomic mass is 32.2. The van der Waals surface area contributed by atoms with Gasteiger partial charge in [-0.25, -0.2) is 0 Å². The summed E-state index contributed by atoms with van der Waals surface area (Å²) in [6.07, 6.45) is 0. The minimum atomic E-state index is -0.165. The summed E-state index contributed by atoms with van der Waals surface area (Å²) in [6.45, 7) is 3.91. The number of anilines is 1. The van der Waals surface area contributed by atoms with E-state index in [4.69, 9.17) is 4.42 Å². The molecule has 0 fully saturated rings. The van der Waals surface area contributed by atoms with Crippen LogP contribution in [-0.4, -0.2) is 21.9 Å². The third-order valence-corrected chi connectivity index (χ3v) is 4.27. The lowest BCUT2D eigenvalue weighted by atomic mass is 10.1. The second-order valence-electron chi connectivity index (χ2n) is 5.45. The average molecular weight is 327 g/mol. The van der Waals surface area contributed by atoms with Gasteiger partial charge in [0.15, 0.2) is 0 Å². The number of rotatable bonds is 5. The molecule has 0 bridgehead atoms. The summed E-state index contributed by atoms with van der Waals surface area (Å²) in [5, 5.41) is 12.7. The monoisotopic (exact) mass is 327 g/mol. The van der Waals surface area contributed by atoms with Crippen molar-refractivity contribution >= 4 is 34.5 Å². The van der Waals surface area contributed by atoms with Crippen LogP contribution in [0, 0.1) is 0 Å². The molecule has 0 atom stereocenters. The number of hydrogen-bond donors (Lipinski definition) is 1. The summed E-state index contributed by atoms with van der Waals surface area (Å²) in [5.74, 6) is 0.780. The zero-order valence-corrected chi connectivity index (χ0v) is 13.8. The number of carbonyl (C=O) groups excluding carboxylic acids is 1. The predicted octanol–water partition coefficient (Wildman–Crippen LogP) is 4.08. The molecule has 0 saturated heterocycles. The van der Waals surface area contributed by atoms with E-state index in [-0.39, 0.29) is 23.6 Å². The van der Waals surface area contributed by atoms with Crippen molar-refractivity contribution in [2.24, 2.45) is 0 Å². The zero-order valence-electron chi connectivity index (χ0n) is 12.9. The van der Waals surface area contributed by atoms with Crippen LogP contribution >= 0.6 is 11.8 Å². The largest absolute Gasteiger partial charge is 0.408 e. The Morgan fingerprint density at radius 1 is 1.17 bits per heavy atom. The Balaban J connectivity index is 1.59. The van der Waals surface area contributed by atoms with Crippen LogP contribution in [0.25, 0.3) is 10.8 Å². The molecular formula is C17H17N3O2S. The fraction of sp³-hybridized carbons (Fsp3) is 0.235. The molecule has 0 saturated carbocycles. The van der Waals surface area contributed by atoms with Crippen molar-refractivity contribution in [3.63, 3.8) is 0 Å². The highest BCUT2D eigenvalue weighted by Crippen LogP contribution is 2.24. The Morgan fingerprint density at radius 2 is 1.96 bits per heavy atom. The number of nitrogens with zero attached hydrogens (tertiary/aromatic N) is 2. The Bertz CT molecular complexity index is 829. The number of hydrogen-bond acceptors (Lipinski definition) is 5. The third kappa shape index (κ3) is 3.90. The maximum absolute atomic E-state index is 12.0. The van der Waals surface area contributed by atoms with Gasteiger partial charge in [0.1, 0.15) is 0 Å². The molecule has 0 aliphatic carbocycles. The summed E-state index contributed by atoms with van der Waals surface area (Å²) < 4.78 is 5.36. The summed E-state index contributed by atoms with van der Waals surface area (Å²) in [6, 6.07) is 14.5. The van der Waals surface area contributed by atoms with Gasteiger partial charge in [0, 0.05) is 10.8 Å². The lowest BCUT2D eigenvalue weighted by Gasteiger charge is -2.03. The molecule has 3 aromatic rings. The standard InChI is InChI=1S/C17H17N3O2S/c1-11(2)16-19-20-17(22-16)18-15(21)10-23-14-8-7-12-5-3-4-6-13(12)9-14/h3-9,11H,10H2,1-2H3,(H,18,20,21). The number of benzene rings is 2. The Morgan fingerprint density at radius 3 is 2.70 bits per heavy atom. The molecule has 1 aromatic heterocycles. The Labute approximate surface area is 138 Å². The van der Waals surface area contributed by atoms with E-state index in [2.05, 4.69) is 39.8 Å². The van der Waals surface area contributed by atoms with Gasteiger partial charge < -0.3 is 4.42 Å². The first kappa shape index (κ1) is 15.6. The molecule has 3 rings (SSSR count). The fourth-order valence-electron chi connectivity index (χ4n) is 2.08. The first-order valence-corrected chi connectivity index (χ1v) is 8.35. The van der Waals surface area contributed by atoms with Gasteiger partial charge in [-0.05, 0) is 22.9 Å². The van der Waals surface area contributed by atoms with E-state index < -0.39 is 0 Å². The Kier molecular flexibility index (Phi) is 4.62. The number of thioether (sulfide) groups is 1. The van der Waals surface area contributed by atoms with Gasteiger partial charge in [-0.1, -0.05) is 49.3 Å². The van der Waals surface area contributed by atoms with E-state index in [1.165, 1.54) is 17.1 Å². The summed E-state index contributed by atoms with van der Waals surface area (Å²) in [4.78, 5) is 13.0. The van der Waals surface area contributed by atoms with Crippen molar-refractivity contribution in [1.29, 1.82) is 0 Å². The van der Waals surface area contributed by atoms with Crippen LogP contribution in [0.5, 0.6) is 0 Å². The van der Waals surface area contributed by atoms with E-state index in [0.29, 0.717) is 5.89 Å². The summed E-state index contributed by atoms with van der Waals surface area (Å²) in [5.41, 5.74) is 0. The molecule has 1 heterocycles. The van der Waals surface area contributed by atoms with Gasteiger partial charge in [-0.2, -0.15) is 0 Å². The molecule has 0 aliphatic heterocycles. The highest BCUT2D eigenvalue weighted by molar-refractivity contribution is 8.00. The number of nitrogens with one attached hydrogen (secondary N) is 1. The van der Waals surface area contributed by atoms with Crippen molar-refractivity contribution < 1.29 is 9.21 Å². The van der Waals surface area contributed by atoms with Crippen LogP contribution in [0.15, 0.2) is 51.8 Å². The topological polar surface area (TPSA) is 68.0 Å². The number of amides is 1. The predicted molar refractivity (Wildman–Crippen MR) is 91.7 cm³/mol. The number of fused-ring (bicyclic) bond motifs is 1. The van der Waals surface area contributed by atoms with Crippen molar-refractivity contribution in [2.45, 2.75) is 24.7 Å². The molecule has 0 spiro atoms. The molecule has 23 heavy (non-hydrogen) atoms. The van der Waals surface area contributed by atoms with E-state index in [1.54, 1.807) is 0 Å².